The van der Waals surface area contributed by atoms with Crippen molar-refractivity contribution in [3.63, 3.8) is 0 Å². The fourth-order valence-electron chi connectivity index (χ4n) is 2.16. The van der Waals surface area contributed by atoms with Crippen molar-refractivity contribution in [2.75, 3.05) is 14.2 Å². The van der Waals surface area contributed by atoms with E-state index in [1.807, 2.05) is 14.0 Å². The van der Waals surface area contributed by atoms with Crippen LogP contribution in [0.5, 0.6) is 5.75 Å². The van der Waals surface area contributed by atoms with Crippen molar-refractivity contribution < 1.29 is 4.74 Å². The molecule has 0 atom stereocenters. The van der Waals surface area contributed by atoms with Gasteiger partial charge in [0.15, 0.2) is 0 Å². The van der Waals surface area contributed by atoms with Crippen LogP contribution in [0.2, 0.25) is 5.02 Å². The van der Waals surface area contributed by atoms with Crippen LogP contribution in [0.25, 0.3) is 0 Å². The fourth-order valence-corrected chi connectivity index (χ4v) is 2.42. The summed E-state index contributed by atoms with van der Waals surface area (Å²) in [7, 11) is 3.70. The molecule has 0 aromatic heterocycles. The largest absolute Gasteiger partial charge is 0.496 e. The molecule has 3 heteroatoms. The van der Waals surface area contributed by atoms with Crippen LogP contribution in [0.4, 0.5) is 0 Å². The molecule has 2 nitrogen and oxygen atoms in total. The van der Waals surface area contributed by atoms with Gasteiger partial charge < -0.3 is 10.1 Å². The number of hydrogen-bond donors (Lipinski definition) is 1. The topological polar surface area (TPSA) is 21.3 Å². The summed E-state index contributed by atoms with van der Waals surface area (Å²) in [5, 5.41) is 4.18. The average molecular weight is 270 g/mol. The van der Waals surface area contributed by atoms with E-state index < -0.39 is 0 Å². The van der Waals surface area contributed by atoms with Gasteiger partial charge in [-0.2, -0.15) is 0 Å². The van der Waals surface area contributed by atoms with Gasteiger partial charge in [-0.25, -0.2) is 0 Å². The Balaban J connectivity index is 3.43. The van der Waals surface area contributed by atoms with E-state index in [1.165, 1.54) is 5.56 Å². The van der Waals surface area contributed by atoms with E-state index in [4.69, 9.17) is 16.3 Å². The second kappa shape index (κ2) is 5.50. The Bertz CT molecular complexity index is 453. The number of likely N-dealkylation sites (N-methyl/N-ethyl adjacent to an activating group) is 1. The molecule has 0 heterocycles. The normalized spacial score (nSPS) is 11.8. The molecule has 0 fully saturated rings. The van der Waals surface area contributed by atoms with E-state index in [1.54, 1.807) is 7.11 Å². The highest BCUT2D eigenvalue weighted by atomic mass is 35.5. The summed E-state index contributed by atoms with van der Waals surface area (Å²) in [4.78, 5) is 0. The van der Waals surface area contributed by atoms with Crippen LogP contribution >= 0.6 is 11.6 Å². The van der Waals surface area contributed by atoms with Crippen molar-refractivity contribution in [1.82, 2.24) is 5.32 Å². The molecule has 0 radical (unpaired) electrons. The van der Waals surface area contributed by atoms with Gasteiger partial charge in [-0.3, -0.25) is 0 Å². The molecule has 0 aliphatic carbocycles. The second-order valence-electron chi connectivity index (χ2n) is 5.51. The predicted octanol–water partition coefficient (Wildman–Crippen LogP) is 3.81. The SMILES string of the molecule is CNC(C)(C)Cc1c(C)c(Cl)c(C)c(C)c1OC. The third kappa shape index (κ3) is 2.81. The molecule has 0 bridgehead atoms. The number of ether oxygens (including phenoxy) is 1. The lowest BCUT2D eigenvalue weighted by Crippen LogP contribution is -2.38. The standard InChI is InChI=1S/C15H24ClNO/c1-9-10(2)14(18-7)12(11(3)13(9)16)8-15(4,5)17-6/h17H,8H2,1-7H3. The molecule has 0 aliphatic heterocycles. The Labute approximate surface area is 116 Å². The van der Waals surface area contributed by atoms with Gasteiger partial charge in [0.05, 0.1) is 7.11 Å². The zero-order chi connectivity index (χ0) is 14.1. The quantitative estimate of drug-likeness (QED) is 0.897. The number of rotatable bonds is 4. The van der Waals surface area contributed by atoms with Gasteiger partial charge in [-0.15, -0.1) is 0 Å². The monoisotopic (exact) mass is 269 g/mol. The molecular formula is C15H24ClNO. The lowest BCUT2D eigenvalue weighted by atomic mass is 9.89. The first-order chi connectivity index (χ1) is 8.25. The molecule has 1 aromatic carbocycles. The van der Waals surface area contributed by atoms with E-state index in [9.17, 15) is 0 Å². The summed E-state index contributed by atoms with van der Waals surface area (Å²) in [5.41, 5.74) is 4.58. The zero-order valence-electron chi connectivity index (χ0n) is 12.5. The Morgan fingerprint density at radius 3 is 2.11 bits per heavy atom. The molecule has 0 aliphatic rings. The molecule has 0 saturated carbocycles. The van der Waals surface area contributed by atoms with Gasteiger partial charge in [0.25, 0.3) is 0 Å². The van der Waals surface area contributed by atoms with Crippen molar-refractivity contribution in [3.8, 4) is 5.75 Å². The first-order valence-electron chi connectivity index (χ1n) is 6.26. The van der Waals surface area contributed by atoms with Crippen molar-refractivity contribution in [2.24, 2.45) is 0 Å². The summed E-state index contributed by atoms with van der Waals surface area (Å²) in [6, 6.07) is 0. The molecule has 1 rings (SSSR count). The summed E-state index contributed by atoms with van der Waals surface area (Å²) in [5.74, 6) is 0.970. The molecule has 18 heavy (non-hydrogen) atoms. The number of methoxy groups -OCH3 is 1. The van der Waals surface area contributed by atoms with Crippen LogP contribution in [0.1, 0.15) is 36.1 Å². The van der Waals surface area contributed by atoms with Gasteiger partial charge in [-0.05, 0) is 64.8 Å². The number of benzene rings is 1. The third-order valence-corrected chi connectivity index (χ3v) is 4.35. The van der Waals surface area contributed by atoms with Crippen molar-refractivity contribution in [1.29, 1.82) is 0 Å². The molecule has 1 aromatic rings. The Morgan fingerprint density at radius 2 is 1.67 bits per heavy atom. The highest BCUT2D eigenvalue weighted by Crippen LogP contribution is 2.37. The molecule has 0 spiro atoms. The highest BCUT2D eigenvalue weighted by molar-refractivity contribution is 6.32. The summed E-state index contributed by atoms with van der Waals surface area (Å²) >= 11 is 6.41. The van der Waals surface area contributed by atoms with Crippen molar-refractivity contribution >= 4 is 11.6 Å². The minimum absolute atomic E-state index is 0.0169. The Morgan fingerprint density at radius 1 is 1.11 bits per heavy atom. The lowest BCUT2D eigenvalue weighted by Gasteiger charge is -2.27. The van der Waals surface area contributed by atoms with E-state index in [-0.39, 0.29) is 5.54 Å². The zero-order valence-corrected chi connectivity index (χ0v) is 13.2. The Kier molecular flexibility index (Phi) is 4.68. The number of nitrogens with one attached hydrogen (secondary N) is 1. The lowest BCUT2D eigenvalue weighted by molar-refractivity contribution is 0.383. The molecule has 0 unspecified atom stereocenters. The first-order valence-corrected chi connectivity index (χ1v) is 6.64. The predicted molar refractivity (Wildman–Crippen MR) is 79.1 cm³/mol. The van der Waals surface area contributed by atoms with Crippen LogP contribution in [0.15, 0.2) is 0 Å². The van der Waals surface area contributed by atoms with Gasteiger partial charge in [0.1, 0.15) is 5.75 Å². The van der Waals surface area contributed by atoms with Crippen LogP contribution in [0.3, 0.4) is 0 Å². The number of hydrogen-bond acceptors (Lipinski definition) is 2. The van der Waals surface area contributed by atoms with E-state index in [0.717, 1.165) is 33.9 Å². The molecule has 102 valence electrons. The second-order valence-corrected chi connectivity index (χ2v) is 5.89. The van der Waals surface area contributed by atoms with Crippen LogP contribution in [0, 0.1) is 20.8 Å². The summed E-state index contributed by atoms with van der Waals surface area (Å²) < 4.78 is 5.60. The first kappa shape index (κ1) is 15.3. The maximum Gasteiger partial charge on any atom is 0.125 e. The minimum atomic E-state index is 0.0169. The van der Waals surface area contributed by atoms with Crippen molar-refractivity contribution in [2.45, 2.75) is 46.6 Å². The molecule has 1 N–H and O–H groups in total. The number of halogens is 1. The van der Waals surface area contributed by atoms with Crippen LogP contribution < -0.4 is 10.1 Å². The van der Waals surface area contributed by atoms with E-state index in [2.05, 4.69) is 33.0 Å². The van der Waals surface area contributed by atoms with Gasteiger partial charge >= 0.3 is 0 Å². The van der Waals surface area contributed by atoms with Gasteiger partial charge in [0.2, 0.25) is 0 Å². The minimum Gasteiger partial charge on any atom is -0.496 e. The molecule has 0 amide bonds. The third-order valence-electron chi connectivity index (χ3n) is 3.79. The van der Waals surface area contributed by atoms with Crippen molar-refractivity contribution in [3.05, 3.63) is 27.3 Å². The van der Waals surface area contributed by atoms with E-state index >= 15 is 0 Å². The molecular weight excluding hydrogens is 246 g/mol. The fraction of sp³-hybridized carbons (Fsp3) is 0.600. The molecule has 0 saturated heterocycles. The Hall–Kier alpha value is -0.730. The highest BCUT2D eigenvalue weighted by Gasteiger charge is 2.23. The van der Waals surface area contributed by atoms with Crippen LogP contribution in [-0.4, -0.2) is 19.7 Å². The average Bonchev–Trinajstić information content (AvgIpc) is 2.33. The smallest absolute Gasteiger partial charge is 0.125 e. The van der Waals surface area contributed by atoms with Gasteiger partial charge in [0, 0.05) is 16.1 Å². The maximum atomic E-state index is 6.41. The van der Waals surface area contributed by atoms with Crippen LogP contribution in [-0.2, 0) is 6.42 Å². The van der Waals surface area contributed by atoms with E-state index in [0.29, 0.717) is 0 Å². The maximum absolute atomic E-state index is 6.41. The summed E-state index contributed by atoms with van der Waals surface area (Å²) in [6.07, 6.45) is 0.888. The summed E-state index contributed by atoms with van der Waals surface area (Å²) in [6.45, 7) is 10.5. The van der Waals surface area contributed by atoms with Gasteiger partial charge in [-0.1, -0.05) is 11.6 Å².